The van der Waals surface area contributed by atoms with E-state index in [2.05, 4.69) is 4.74 Å². The lowest BCUT2D eigenvalue weighted by molar-refractivity contribution is -0.162. The number of esters is 1. The van der Waals surface area contributed by atoms with Crippen molar-refractivity contribution in [3.63, 3.8) is 0 Å². The lowest BCUT2D eigenvalue weighted by Gasteiger charge is -2.18. The number of ether oxygens (including phenoxy) is 1. The number of aliphatic hydroxyl groups excluding tert-OH is 1. The van der Waals surface area contributed by atoms with Gasteiger partial charge in [0.05, 0.1) is 12.7 Å². The molecule has 0 spiro atoms. The highest BCUT2D eigenvalue weighted by Gasteiger charge is 2.48. The monoisotopic (exact) mass is 275 g/mol. The molecule has 0 saturated carbocycles. The summed E-state index contributed by atoms with van der Waals surface area (Å²) in [5, 5.41) is 4.07. The van der Waals surface area contributed by atoms with Gasteiger partial charge in [0.15, 0.2) is 10.1 Å². The highest BCUT2D eigenvalue weighted by atomic mass is 32.2. The molecule has 0 aliphatic carbocycles. The van der Waals surface area contributed by atoms with Gasteiger partial charge in [0.1, 0.15) is 0 Å². The summed E-state index contributed by atoms with van der Waals surface area (Å²) in [6.07, 6.45) is 0.119. The summed E-state index contributed by atoms with van der Waals surface area (Å²) in [6.45, 7) is 1.21. The fourth-order valence-corrected chi connectivity index (χ4v) is 1.21. The lowest BCUT2D eigenvalue weighted by Crippen LogP contribution is -2.39. The molecule has 102 valence electrons. The predicted octanol–water partition coefficient (Wildman–Crippen LogP) is 0.219. The van der Waals surface area contributed by atoms with Crippen LogP contribution in [-0.2, 0) is 19.6 Å². The maximum Gasteiger partial charge on any atom is 0.428 e. The lowest BCUT2D eigenvalue weighted by atomic mass is 10.1. The molecule has 0 aliphatic rings. The highest BCUT2D eigenvalue weighted by molar-refractivity contribution is 7.87. The van der Waals surface area contributed by atoms with Crippen LogP contribution in [0.2, 0.25) is 0 Å². The van der Waals surface area contributed by atoms with Crippen molar-refractivity contribution in [2.45, 2.75) is 37.5 Å². The molecule has 1 atom stereocenters. The Bertz CT molecular complexity index is 353. The molecule has 0 heterocycles. The fourth-order valence-electron chi connectivity index (χ4n) is 0.951. The molecule has 1 N–H and O–H groups in total. The molecule has 0 aromatic carbocycles. The summed E-state index contributed by atoms with van der Waals surface area (Å²) < 4.78 is 59.2. The largest absolute Gasteiger partial charge is 0.743 e. The normalized spacial score (nSPS) is 14.4. The van der Waals surface area contributed by atoms with Gasteiger partial charge in [-0.25, -0.2) is 13.2 Å². The van der Waals surface area contributed by atoms with Crippen molar-refractivity contribution in [1.29, 1.82) is 0 Å². The molecule has 0 radical (unpaired) electrons. The molecule has 0 aliphatic heterocycles. The Balaban J connectivity index is 4.21. The summed E-state index contributed by atoms with van der Waals surface area (Å²) in [6, 6.07) is 0. The van der Waals surface area contributed by atoms with E-state index < -0.39 is 34.1 Å². The molecule has 0 bridgehead atoms. The predicted molar refractivity (Wildman–Crippen MR) is 51.1 cm³/mol. The summed E-state index contributed by atoms with van der Waals surface area (Å²) in [4.78, 5) is 10.6. The third kappa shape index (κ3) is 4.92. The van der Waals surface area contributed by atoms with Crippen LogP contribution in [0.3, 0.4) is 0 Å². The highest BCUT2D eigenvalue weighted by Crippen LogP contribution is 2.22. The number of carbonyl (C=O) groups excluding carboxylic acids is 1. The summed E-state index contributed by atoms with van der Waals surface area (Å²) in [5.74, 6) is -2.42. The van der Waals surface area contributed by atoms with Crippen LogP contribution in [0.5, 0.6) is 0 Å². The van der Waals surface area contributed by atoms with Crippen molar-refractivity contribution < 1.29 is 36.4 Å². The topological polar surface area (TPSA) is 104 Å². The zero-order valence-electron chi connectivity index (χ0n) is 9.06. The Labute approximate surface area is 97.3 Å². The average Bonchev–Trinajstić information content (AvgIpc) is 2.16. The van der Waals surface area contributed by atoms with Crippen LogP contribution in [0.1, 0.15) is 26.2 Å². The summed E-state index contributed by atoms with van der Waals surface area (Å²) >= 11 is 0. The van der Waals surface area contributed by atoms with Crippen LogP contribution >= 0.6 is 0 Å². The van der Waals surface area contributed by atoms with Gasteiger partial charge in [-0.15, -0.1) is 0 Å². The van der Waals surface area contributed by atoms with Gasteiger partial charge in [-0.3, -0.25) is 0 Å². The fraction of sp³-hybridized carbons (Fsp3) is 0.875. The minimum absolute atomic E-state index is 0.103. The maximum absolute atomic E-state index is 12.6. The average molecular weight is 275 g/mol. The van der Waals surface area contributed by atoms with Gasteiger partial charge in [0, 0.05) is 6.42 Å². The molecule has 0 aromatic rings. The quantitative estimate of drug-likeness (QED) is 0.526. The van der Waals surface area contributed by atoms with Gasteiger partial charge in [-0.2, -0.15) is 8.78 Å². The smallest absolute Gasteiger partial charge is 0.428 e. The molecule has 0 aromatic heterocycles. The van der Waals surface area contributed by atoms with Crippen molar-refractivity contribution in [3.8, 4) is 0 Å². The number of alkyl halides is 2. The first-order valence-corrected chi connectivity index (χ1v) is 6.22. The van der Waals surface area contributed by atoms with E-state index in [1.165, 1.54) is 0 Å². The van der Waals surface area contributed by atoms with Gasteiger partial charge >= 0.3 is 11.2 Å². The first-order valence-electron chi connectivity index (χ1n) is 4.81. The van der Waals surface area contributed by atoms with Crippen LogP contribution in [0, 0.1) is 0 Å². The van der Waals surface area contributed by atoms with E-state index in [-0.39, 0.29) is 6.42 Å². The summed E-state index contributed by atoms with van der Waals surface area (Å²) in [7, 11) is -6.08. The van der Waals surface area contributed by atoms with Crippen molar-refractivity contribution >= 4 is 16.1 Å². The molecule has 9 heteroatoms. The standard InChI is InChI=1S/C8H14F2O6S/c1-2-3-6(11)4-5-16-7(12)8(9,10)17(13,14)15/h6,11H,2-5H2,1H3,(H,13,14,15)/p-1. The minimum Gasteiger partial charge on any atom is -0.743 e. The van der Waals surface area contributed by atoms with Crippen molar-refractivity contribution in [1.82, 2.24) is 0 Å². The number of aliphatic hydroxyl groups is 1. The molecular formula is C8H13F2O6S-. The SMILES string of the molecule is CCCC(O)CCOC(=O)C(F)(F)S(=O)(=O)[O-]. The van der Waals surface area contributed by atoms with Gasteiger partial charge in [0.2, 0.25) is 0 Å². The Morgan fingerprint density at radius 3 is 2.41 bits per heavy atom. The number of carbonyl (C=O) groups is 1. The first kappa shape index (κ1) is 16.2. The van der Waals surface area contributed by atoms with E-state index in [1.54, 1.807) is 6.92 Å². The number of halogens is 2. The van der Waals surface area contributed by atoms with Gasteiger partial charge in [0.25, 0.3) is 0 Å². The molecule has 0 rings (SSSR count). The molecule has 6 nitrogen and oxygen atoms in total. The van der Waals surface area contributed by atoms with Gasteiger partial charge in [-0.05, 0) is 6.42 Å². The Kier molecular flexibility index (Phi) is 5.93. The molecule has 1 unspecified atom stereocenters. The van der Waals surface area contributed by atoms with E-state index in [1.807, 2.05) is 0 Å². The van der Waals surface area contributed by atoms with E-state index in [0.29, 0.717) is 12.8 Å². The van der Waals surface area contributed by atoms with Crippen LogP contribution in [0.15, 0.2) is 0 Å². The second kappa shape index (κ2) is 6.22. The van der Waals surface area contributed by atoms with Crippen LogP contribution < -0.4 is 0 Å². The van der Waals surface area contributed by atoms with E-state index >= 15 is 0 Å². The zero-order chi connectivity index (χ0) is 13.7. The zero-order valence-corrected chi connectivity index (χ0v) is 9.87. The Hall–Kier alpha value is -0.800. The van der Waals surface area contributed by atoms with Crippen LogP contribution in [0.4, 0.5) is 8.78 Å². The maximum atomic E-state index is 12.6. The third-order valence-electron chi connectivity index (χ3n) is 1.86. The van der Waals surface area contributed by atoms with Crippen molar-refractivity contribution in [2.75, 3.05) is 6.61 Å². The van der Waals surface area contributed by atoms with Gasteiger partial charge < -0.3 is 14.4 Å². The van der Waals surface area contributed by atoms with Crippen LogP contribution in [-0.4, -0.2) is 42.0 Å². The number of rotatable bonds is 7. The molecule has 17 heavy (non-hydrogen) atoms. The molecular weight excluding hydrogens is 262 g/mol. The Morgan fingerprint density at radius 1 is 1.47 bits per heavy atom. The number of hydrogen-bond donors (Lipinski definition) is 1. The number of hydrogen-bond acceptors (Lipinski definition) is 6. The third-order valence-corrected chi connectivity index (χ3v) is 2.65. The van der Waals surface area contributed by atoms with Crippen LogP contribution in [0.25, 0.3) is 0 Å². The summed E-state index contributed by atoms with van der Waals surface area (Å²) in [5.41, 5.74) is 0. The van der Waals surface area contributed by atoms with E-state index in [9.17, 15) is 26.5 Å². The molecule has 0 amide bonds. The molecule has 0 saturated heterocycles. The second-order valence-electron chi connectivity index (χ2n) is 3.34. The molecule has 0 fully saturated rings. The van der Waals surface area contributed by atoms with Crippen molar-refractivity contribution in [2.24, 2.45) is 0 Å². The minimum atomic E-state index is -6.08. The van der Waals surface area contributed by atoms with E-state index in [4.69, 9.17) is 5.11 Å². The van der Waals surface area contributed by atoms with Gasteiger partial charge in [-0.1, -0.05) is 13.3 Å². The van der Waals surface area contributed by atoms with E-state index in [0.717, 1.165) is 0 Å². The Morgan fingerprint density at radius 2 is 2.00 bits per heavy atom. The van der Waals surface area contributed by atoms with Crippen molar-refractivity contribution in [3.05, 3.63) is 0 Å². The second-order valence-corrected chi connectivity index (χ2v) is 4.76. The first-order chi connectivity index (χ1) is 7.63.